The maximum Gasteiger partial charge on any atom is 0.234 e. The zero-order valence-electron chi connectivity index (χ0n) is 15.7. The summed E-state index contributed by atoms with van der Waals surface area (Å²) in [5.41, 5.74) is 3.10. The highest BCUT2D eigenvalue weighted by Crippen LogP contribution is 2.30. The number of rotatable bonds is 8. The molecule has 7 heteroatoms. The van der Waals surface area contributed by atoms with Crippen LogP contribution in [0.1, 0.15) is 18.4 Å². The van der Waals surface area contributed by atoms with Crippen molar-refractivity contribution < 1.29 is 14.4 Å². The number of amides is 3. The van der Waals surface area contributed by atoms with Gasteiger partial charge in [0.15, 0.2) is 0 Å². The molecule has 1 aliphatic rings. The zero-order chi connectivity index (χ0) is 19.9. The fourth-order valence-corrected chi connectivity index (χ4v) is 3.24. The van der Waals surface area contributed by atoms with Crippen LogP contribution < -0.4 is 16.0 Å². The van der Waals surface area contributed by atoms with E-state index in [-0.39, 0.29) is 35.1 Å². The third-order valence-corrected chi connectivity index (χ3v) is 5.06. The maximum atomic E-state index is 12.1. The third kappa shape index (κ3) is 6.42. The minimum atomic E-state index is -0.195. The lowest BCUT2D eigenvalue weighted by Crippen LogP contribution is -2.18. The number of anilines is 3. The summed E-state index contributed by atoms with van der Waals surface area (Å²) in [5.74, 6) is 0.171. The Hall–Kier alpha value is -2.80. The van der Waals surface area contributed by atoms with Gasteiger partial charge in [0.1, 0.15) is 0 Å². The molecule has 146 valence electrons. The Morgan fingerprint density at radius 1 is 0.857 bits per heavy atom. The van der Waals surface area contributed by atoms with Crippen LogP contribution in [0.3, 0.4) is 0 Å². The van der Waals surface area contributed by atoms with Crippen LogP contribution in [0.4, 0.5) is 17.1 Å². The smallest absolute Gasteiger partial charge is 0.234 e. The zero-order valence-corrected chi connectivity index (χ0v) is 16.5. The van der Waals surface area contributed by atoms with Crippen molar-refractivity contribution in [2.45, 2.75) is 19.8 Å². The first-order valence-electron chi connectivity index (χ1n) is 9.14. The summed E-state index contributed by atoms with van der Waals surface area (Å²) in [4.78, 5) is 35.9. The molecule has 6 nitrogen and oxygen atoms in total. The first-order chi connectivity index (χ1) is 13.5. The summed E-state index contributed by atoms with van der Waals surface area (Å²) in [7, 11) is 0. The molecule has 3 amide bonds. The molecule has 0 saturated heterocycles. The Bertz CT molecular complexity index is 881. The van der Waals surface area contributed by atoms with E-state index in [4.69, 9.17) is 0 Å². The van der Waals surface area contributed by atoms with Crippen molar-refractivity contribution in [3.05, 3.63) is 54.1 Å². The third-order valence-electron chi connectivity index (χ3n) is 4.13. The van der Waals surface area contributed by atoms with E-state index in [2.05, 4.69) is 16.0 Å². The first-order valence-corrected chi connectivity index (χ1v) is 10.3. The molecule has 28 heavy (non-hydrogen) atoms. The number of carbonyl (C=O) groups excluding carboxylic acids is 3. The summed E-state index contributed by atoms with van der Waals surface area (Å²) in [6.45, 7) is 1.96. The van der Waals surface area contributed by atoms with Crippen molar-refractivity contribution in [1.29, 1.82) is 0 Å². The van der Waals surface area contributed by atoms with Gasteiger partial charge in [-0.1, -0.05) is 18.2 Å². The molecule has 3 N–H and O–H groups in total. The summed E-state index contributed by atoms with van der Waals surface area (Å²) < 4.78 is 0. The fourth-order valence-electron chi connectivity index (χ4n) is 2.62. The minimum Gasteiger partial charge on any atom is -0.326 e. The van der Waals surface area contributed by atoms with Gasteiger partial charge in [0.2, 0.25) is 17.7 Å². The molecular formula is C21H23N3O3S. The molecule has 0 aliphatic heterocycles. The lowest BCUT2D eigenvalue weighted by Gasteiger charge is -2.09. The quantitative estimate of drug-likeness (QED) is 0.634. The van der Waals surface area contributed by atoms with Crippen LogP contribution in [0.25, 0.3) is 0 Å². The van der Waals surface area contributed by atoms with Crippen molar-refractivity contribution in [2.24, 2.45) is 5.92 Å². The van der Waals surface area contributed by atoms with E-state index in [1.807, 2.05) is 31.2 Å². The van der Waals surface area contributed by atoms with Crippen molar-refractivity contribution >= 4 is 46.5 Å². The average molecular weight is 398 g/mol. The Morgan fingerprint density at radius 2 is 1.39 bits per heavy atom. The molecule has 0 heterocycles. The van der Waals surface area contributed by atoms with E-state index in [1.54, 1.807) is 24.3 Å². The molecule has 0 aromatic heterocycles. The van der Waals surface area contributed by atoms with Crippen LogP contribution in [0.2, 0.25) is 0 Å². The normalized spacial score (nSPS) is 12.9. The minimum absolute atomic E-state index is 0.0265. The van der Waals surface area contributed by atoms with Crippen LogP contribution in [0, 0.1) is 12.8 Å². The van der Waals surface area contributed by atoms with Crippen LogP contribution >= 0.6 is 11.8 Å². The van der Waals surface area contributed by atoms with Gasteiger partial charge in [-0.15, -0.1) is 11.8 Å². The van der Waals surface area contributed by atoms with Gasteiger partial charge in [-0.25, -0.2) is 0 Å². The summed E-state index contributed by atoms with van der Waals surface area (Å²) >= 11 is 1.25. The Labute approximate surface area is 168 Å². The molecule has 0 unspecified atom stereocenters. The first kappa shape index (κ1) is 19.9. The lowest BCUT2D eigenvalue weighted by atomic mass is 10.2. The maximum absolute atomic E-state index is 12.1. The highest BCUT2D eigenvalue weighted by Gasteiger charge is 2.29. The van der Waals surface area contributed by atoms with Gasteiger partial charge in [0.05, 0.1) is 11.5 Å². The molecule has 0 radical (unpaired) electrons. The van der Waals surface area contributed by atoms with Crippen molar-refractivity contribution in [3.8, 4) is 0 Å². The van der Waals surface area contributed by atoms with E-state index >= 15 is 0 Å². The molecule has 0 spiro atoms. The van der Waals surface area contributed by atoms with Crippen molar-refractivity contribution in [2.75, 3.05) is 27.5 Å². The highest BCUT2D eigenvalue weighted by molar-refractivity contribution is 8.00. The number of carbonyl (C=O) groups is 3. The van der Waals surface area contributed by atoms with Crippen LogP contribution in [0.5, 0.6) is 0 Å². The van der Waals surface area contributed by atoms with Crippen LogP contribution in [-0.2, 0) is 14.4 Å². The Balaban J connectivity index is 1.40. The van der Waals surface area contributed by atoms with E-state index in [9.17, 15) is 14.4 Å². The van der Waals surface area contributed by atoms with Crippen molar-refractivity contribution in [3.63, 3.8) is 0 Å². The number of hydrogen-bond acceptors (Lipinski definition) is 4. The summed E-state index contributed by atoms with van der Waals surface area (Å²) in [5, 5.41) is 8.46. The Kier molecular flexibility index (Phi) is 6.71. The molecule has 0 bridgehead atoms. The van der Waals surface area contributed by atoms with E-state index in [0.29, 0.717) is 11.4 Å². The SMILES string of the molecule is Cc1cccc(NC(=O)CSCC(=O)Nc2cccc(NC(=O)C3CC3)c2)c1. The lowest BCUT2D eigenvalue weighted by molar-refractivity contribution is -0.117. The number of thioether (sulfide) groups is 1. The molecule has 1 aliphatic carbocycles. The van der Waals surface area contributed by atoms with Gasteiger partial charge in [0.25, 0.3) is 0 Å². The number of hydrogen-bond donors (Lipinski definition) is 3. The van der Waals surface area contributed by atoms with Gasteiger partial charge in [-0.05, 0) is 55.7 Å². The number of nitrogens with one attached hydrogen (secondary N) is 3. The average Bonchev–Trinajstić information content (AvgIpc) is 3.47. The second-order valence-electron chi connectivity index (χ2n) is 6.80. The molecule has 2 aromatic rings. The number of benzene rings is 2. The Morgan fingerprint density at radius 3 is 1.96 bits per heavy atom. The highest BCUT2D eigenvalue weighted by atomic mass is 32.2. The molecule has 3 rings (SSSR count). The molecule has 2 aromatic carbocycles. The van der Waals surface area contributed by atoms with Crippen molar-refractivity contribution in [1.82, 2.24) is 0 Å². The summed E-state index contributed by atoms with van der Waals surface area (Å²) in [6, 6.07) is 14.6. The van der Waals surface area contributed by atoms with E-state index < -0.39 is 0 Å². The molecule has 0 atom stereocenters. The van der Waals surface area contributed by atoms with E-state index in [1.165, 1.54) is 11.8 Å². The van der Waals surface area contributed by atoms with Crippen LogP contribution in [-0.4, -0.2) is 29.2 Å². The largest absolute Gasteiger partial charge is 0.326 e. The van der Waals surface area contributed by atoms with Gasteiger partial charge in [0, 0.05) is 23.0 Å². The van der Waals surface area contributed by atoms with E-state index in [0.717, 1.165) is 24.1 Å². The molecular weight excluding hydrogens is 374 g/mol. The molecule has 1 fully saturated rings. The van der Waals surface area contributed by atoms with Gasteiger partial charge in [-0.3, -0.25) is 14.4 Å². The van der Waals surface area contributed by atoms with Gasteiger partial charge >= 0.3 is 0 Å². The fraction of sp³-hybridized carbons (Fsp3) is 0.286. The predicted octanol–water partition coefficient (Wildman–Crippen LogP) is 3.65. The second kappa shape index (κ2) is 9.41. The van der Waals surface area contributed by atoms with Gasteiger partial charge < -0.3 is 16.0 Å². The predicted molar refractivity (Wildman–Crippen MR) is 114 cm³/mol. The number of aryl methyl sites for hydroxylation is 1. The summed E-state index contributed by atoms with van der Waals surface area (Å²) in [6.07, 6.45) is 1.88. The van der Waals surface area contributed by atoms with Gasteiger partial charge in [-0.2, -0.15) is 0 Å². The second-order valence-corrected chi connectivity index (χ2v) is 7.79. The standard InChI is InChI=1S/C21H23N3O3S/c1-14-4-2-5-16(10-14)22-19(25)12-28-13-20(26)23-17-6-3-7-18(11-17)24-21(27)15-8-9-15/h2-7,10-11,15H,8-9,12-13H2,1H3,(H,22,25)(H,23,26)(H,24,27). The molecule has 1 saturated carbocycles. The van der Waals surface area contributed by atoms with Crippen LogP contribution in [0.15, 0.2) is 48.5 Å². The monoisotopic (exact) mass is 397 g/mol. The topological polar surface area (TPSA) is 87.3 Å².